The van der Waals surface area contributed by atoms with Gasteiger partial charge < -0.3 is 0 Å². The summed E-state index contributed by atoms with van der Waals surface area (Å²) in [5.74, 6) is 1.64. The van der Waals surface area contributed by atoms with Crippen LogP contribution in [0.15, 0.2) is 40.6 Å². The zero-order valence-corrected chi connectivity index (χ0v) is 9.29. The maximum absolute atomic E-state index is 5.21. The summed E-state index contributed by atoms with van der Waals surface area (Å²) in [5, 5.41) is 0. The molecule has 0 spiro atoms. The lowest BCUT2D eigenvalue weighted by Crippen LogP contribution is -1.96. The van der Waals surface area contributed by atoms with Crippen molar-refractivity contribution in [2.75, 3.05) is 0 Å². The van der Waals surface area contributed by atoms with Crippen molar-refractivity contribution in [3.63, 3.8) is 0 Å². The molecule has 1 aromatic carbocycles. The first-order valence-electron chi connectivity index (χ1n) is 4.64. The molecule has 0 saturated carbocycles. The minimum absolute atomic E-state index is 0.709. The van der Waals surface area contributed by atoms with Crippen molar-refractivity contribution >= 4 is 15.9 Å². The van der Waals surface area contributed by atoms with E-state index in [0.29, 0.717) is 5.75 Å². The van der Waals surface area contributed by atoms with Crippen LogP contribution in [0, 0.1) is 0 Å². The van der Waals surface area contributed by atoms with Crippen molar-refractivity contribution in [2.24, 2.45) is 0 Å². The molecule has 0 amide bonds. The Balaban J connectivity index is 1.94. The Morgan fingerprint density at radius 1 is 1.14 bits per heavy atom. The summed E-state index contributed by atoms with van der Waals surface area (Å²) in [4.78, 5) is 10.4. The molecule has 2 rings (SSSR count). The van der Waals surface area contributed by atoms with Crippen molar-refractivity contribution in [1.82, 2.24) is 0 Å². The fourth-order valence-corrected chi connectivity index (χ4v) is 1.68. The third kappa shape index (κ3) is 2.29. The molecule has 0 N–H and O–H groups in total. The van der Waals surface area contributed by atoms with Gasteiger partial charge in [-0.3, -0.25) is 9.78 Å². The summed E-state index contributed by atoms with van der Waals surface area (Å²) < 4.78 is 0.901. The van der Waals surface area contributed by atoms with E-state index in [4.69, 9.17) is 9.78 Å². The fourth-order valence-electron chi connectivity index (χ4n) is 1.33. The smallest absolute Gasteiger partial charge is 0.192 e. The second-order valence-electron chi connectivity index (χ2n) is 3.16. The SMILES string of the molecule is Brc1ccccc1OOC1=CCCC1. The Kier molecular flexibility index (Phi) is 3.09. The van der Waals surface area contributed by atoms with Crippen molar-refractivity contribution in [3.8, 4) is 5.75 Å². The van der Waals surface area contributed by atoms with E-state index < -0.39 is 0 Å². The second kappa shape index (κ2) is 4.51. The van der Waals surface area contributed by atoms with E-state index >= 15 is 0 Å². The molecule has 1 aromatic rings. The standard InChI is InChI=1S/C11H11BrO2/c12-10-7-3-4-8-11(10)14-13-9-5-1-2-6-9/h3-5,7-8H,1-2,6H2. The van der Waals surface area contributed by atoms with Crippen LogP contribution in [0.4, 0.5) is 0 Å². The molecule has 0 heterocycles. The van der Waals surface area contributed by atoms with Crippen LogP contribution >= 0.6 is 15.9 Å². The lowest BCUT2D eigenvalue weighted by molar-refractivity contribution is -0.168. The highest BCUT2D eigenvalue weighted by Gasteiger charge is 2.08. The van der Waals surface area contributed by atoms with Gasteiger partial charge in [-0.05, 0) is 47.0 Å². The maximum atomic E-state index is 5.21. The van der Waals surface area contributed by atoms with Crippen LogP contribution in [0.25, 0.3) is 0 Å². The zero-order chi connectivity index (χ0) is 9.80. The molecule has 0 aromatic heterocycles. The lowest BCUT2D eigenvalue weighted by atomic mass is 10.3. The molecule has 14 heavy (non-hydrogen) atoms. The molecular weight excluding hydrogens is 244 g/mol. The maximum Gasteiger partial charge on any atom is 0.192 e. The van der Waals surface area contributed by atoms with Gasteiger partial charge in [0.2, 0.25) is 0 Å². The number of hydrogen-bond donors (Lipinski definition) is 0. The van der Waals surface area contributed by atoms with Crippen LogP contribution in [0.5, 0.6) is 5.75 Å². The lowest BCUT2D eigenvalue weighted by Gasteiger charge is -2.07. The Morgan fingerprint density at radius 3 is 2.71 bits per heavy atom. The monoisotopic (exact) mass is 254 g/mol. The van der Waals surface area contributed by atoms with Gasteiger partial charge in [0.1, 0.15) is 0 Å². The number of benzene rings is 1. The first-order valence-corrected chi connectivity index (χ1v) is 5.43. The Bertz CT molecular complexity index is 347. The molecule has 0 radical (unpaired) electrons. The van der Waals surface area contributed by atoms with Gasteiger partial charge in [-0.25, -0.2) is 0 Å². The van der Waals surface area contributed by atoms with E-state index in [0.717, 1.165) is 29.5 Å². The molecule has 1 aliphatic rings. The van der Waals surface area contributed by atoms with Gasteiger partial charge in [-0.2, -0.15) is 0 Å². The highest BCUT2D eigenvalue weighted by molar-refractivity contribution is 9.10. The molecule has 0 aliphatic heterocycles. The molecule has 3 heteroatoms. The largest absolute Gasteiger partial charge is 0.295 e. The average Bonchev–Trinajstić information content (AvgIpc) is 2.69. The first-order chi connectivity index (χ1) is 6.86. The Morgan fingerprint density at radius 2 is 2.00 bits per heavy atom. The van der Waals surface area contributed by atoms with E-state index in [1.54, 1.807) is 0 Å². The summed E-state index contributed by atoms with van der Waals surface area (Å²) >= 11 is 3.38. The van der Waals surface area contributed by atoms with Crippen LogP contribution in [-0.2, 0) is 4.89 Å². The van der Waals surface area contributed by atoms with Crippen molar-refractivity contribution < 1.29 is 9.78 Å². The number of rotatable bonds is 3. The third-order valence-corrected chi connectivity index (χ3v) is 2.73. The number of hydrogen-bond acceptors (Lipinski definition) is 2. The van der Waals surface area contributed by atoms with E-state index in [1.807, 2.05) is 24.3 Å². The molecule has 2 nitrogen and oxygen atoms in total. The summed E-state index contributed by atoms with van der Waals surface area (Å²) in [7, 11) is 0. The number of halogens is 1. The Labute approximate surface area is 91.6 Å². The van der Waals surface area contributed by atoms with Gasteiger partial charge in [0, 0.05) is 6.42 Å². The highest BCUT2D eigenvalue weighted by atomic mass is 79.9. The predicted octanol–water partition coefficient (Wildman–Crippen LogP) is 3.83. The minimum Gasteiger partial charge on any atom is -0.295 e. The third-order valence-electron chi connectivity index (χ3n) is 2.07. The summed E-state index contributed by atoms with van der Waals surface area (Å²) in [6, 6.07) is 7.62. The predicted molar refractivity (Wildman–Crippen MR) is 57.8 cm³/mol. The van der Waals surface area contributed by atoms with Crippen LogP contribution in [0.2, 0.25) is 0 Å². The van der Waals surface area contributed by atoms with Crippen LogP contribution < -0.4 is 4.89 Å². The normalized spacial score (nSPS) is 15.1. The quantitative estimate of drug-likeness (QED) is 0.603. The van der Waals surface area contributed by atoms with Crippen molar-refractivity contribution in [1.29, 1.82) is 0 Å². The number of allylic oxidation sites excluding steroid dienone is 2. The zero-order valence-electron chi connectivity index (χ0n) is 7.70. The van der Waals surface area contributed by atoms with Crippen molar-refractivity contribution in [3.05, 3.63) is 40.6 Å². The summed E-state index contributed by atoms with van der Waals surface area (Å²) in [6.45, 7) is 0. The van der Waals surface area contributed by atoms with Crippen molar-refractivity contribution in [2.45, 2.75) is 19.3 Å². The van der Waals surface area contributed by atoms with Crippen LogP contribution in [0.3, 0.4) is 0 Å². The topological polar surface area (TPSA) is 18.5 Å². The summed E-state index contributed by atoms with van der Waals surface area (Å²) in [6.07, 6.45) is 5.30. The van der Waals surface area contributed by atoms with Gasteiger partial charge in [-0.15, -0.1) is 0 Å². The van der Waals surface area contributed by atoms with Gasteiger partial charge in [0.25, 0.3) is 0 Å². The average molecular weight is 255 g/mol. The van der Waals surface area contributed by atoms with E-state index in [1.165, 1.54) is 0 Å². The van der Waals surface area contributed by atoms with E-state index in [9.17, 15) is 0 Å². The fraction of sp³-hybridized carbons (Fsp3) is 0.273. The second-order valence-corrected chi connectivity index (χ2v) is 4.01. The highest BCUT2D eigenvalue weighted by Crippen LogP contribution is 2.26. The Hall–Kier alpha value is -0.960. The summed E-state index contributed by atoms with van der Waals surface area (Å²) in [5.41, 5.74) is 0. The van der Waals surface area contributed by atoms with E-state index in [2.05, 4.69) is 22.0 Å². The van der Waals surface area contributed by atoms with E-state index in [-0.39, 0.29) is 0 Å². The molecule has 0 fully saturated rings. The molecular formula is C11H11BrO2. The molecule has 0 saturated heterocycles. The van der Waals surface area contributed by atoms with Crippen LogP contribution in [0.1, 0.15) is 19.3 Å². The molecule has 1 aliphatic carbocycles. The van der Waals surface area contributed by atoms with Gasteiger partial charge >= 0.3 is 0 Å². The van der Waals surface area contributed by atoms with Gasteiger partial charge in [-0.1, -0.05) is 12.1 Å². The first kappa shape index (κ1) is 9.59. The molecule has 0 unspecified atom stereocenters. The van der Waals surface area contributed by atoms with Crippen LogP contribution in [-0.4, -0.2) is 0 Å². The molecule has 0 bridgehead atoms. The number of para-hydroxylation sites is 1. The minimum atomic E-state index is 0.709. The molecule has 0 atom stereocenters. The molecule has 74 valence electrons. The van der Waals surface area contributed by atoms with Gasteiger partial charge in [0.05, 0.1) is 4.47 Å². The van der Waals surface area contributed by atoms with Gasteiger partial charge in [0.15, 0.2) is 11.5 Å².